The van der Waals surface area contributed by atoms with E-state index in [9.17, 15) is 10.2 Å². The van der Waals surface area contributed by atoms with E-state index in [4.69, 9.17) is 27.9 Å². The Morgan fingerprint density at radius 3 is 2.45 bits per heavy atom. The van der Waals surface area contributed by atoms with Gasteiger partial charge in [-0.3, -0.25) is 4.68 Å². The van der Waals surface area contributed by atoms with Crippen molar-refractivity contribution in [2.75, 3.05) is 0 Å². The molecule has 2 unspecified atom stereocenters. The van der Waals surface area contributed by atoms with Crippen LogP contribution in [0.4, 0.5) is 0 Å². The van der Waals surface area contributed by atoms with Crippen molar-refractivity contribution in [2.24, 2.45) is 5.92 Å². The number of aliphatic hydroxyl groups is 2. The average molecular weight is 434 g/mol. The number of aliphatic hydroxyl groups excluding tert-OH is 2. The van der Waals surface area contributed by atoms with Crippen LogP contribution in [0.25, 0.3) is 0 Å². The SMILES string of the molecule is C[C@H]1CC(O)[C@](Cn2cncn2)(c2ccc(Oc3ccc(Cl)cc3)cc2Cl)C1O. The van der Waals surface area contributed by atoms with Gasteiger partial charge in [0.1, 0.15) is 24.2 Å². The standard InChI is InChI=1S/C21H21Cl2N3O3/c1-13-8-19(27)21(20(13)28,10-26-12-24-11-25-26)17-7-6-16(9-18(17)23)29-15-4-2-14(22)3-5-15/h2-7,9,11-13,19-20,27-28H,8,10H2,1H3/t13-,19?,20?,21-/m0/s1. The molecule has 4 rings (SSSR count). The molecule has 1 aromatic heterocycles. The molecule has 0 bridgehead atoms. The molecular weight excluding hydrogens is 413 g/mol. The summed E-state index contributed by atoms with van der Waals surface area (Å²) in [5, 5.41) is 27.2. The highest BCUT2D eigenvalue weighted by molar-refractivity contribution is 6.31. The number of hydrogen-bond acceptors (Lipinski definition) is 5. The number of nitrogens with zero attached hydrogens (tertiary/aromatic N) is 3. The van der Waals surface area contributed by atoms with Crippen LogP contribution in [-0.4, -0.2) is 37.2 Å². The lowest BCUT2D eigenvalue weighted by Gasteiger charge is -2.37. The summed E-state index contributed by atoms with van der Waals surface area (Å²) in [6.07, 6.45) is 1.89. The third kappa shape index (κ3) is 3.73. The van der Waals surface area contributed by atoms with E-state index in [1.807, 2.05) is 6.92 Å². The monoisotopic (exact) mass is 433 g/mol. The first-order valence-corrected chi connectivity index (χ1v) is 10.1. The maximum atomic E-state index is 11.1. The summed E-state index contributed by atoms with van der Waals surface area (Å²) in [7, 11) is 0. The van der Waals surface area contributed by atoms with Crippen LogP contribution < -0.4 is 4.74 Å². The Labute approximate surface area is 178 Å². The van der Waals surface area contributed by atoms with E-state index in [0.29, 0.717) is 33.5 Å². The molecule has 1 aliphatic carbocycles. The zero-order valence-corrected chi connectivity index (χ0v) is 17.3. The molecule has 1 fully saturated rings. The number of halogens is 2. The third-order valence-corrected chi connectivity index (χ3v) is 6.20. The minimum atomic E-state index is -0.997. The molecule has 8 heteroatoms. The molecule has 1 heterocycles. The van der Waals surface area contributed by atoms with Crippen molar-refractivity contribution in [3.05, 3.63) is 70.7 Å². The van der Waals surface area contributed by atoms with Crippen molar-refractivity contribution in [1.29, 1.82) is 0 Å². The van der Waals surface area contributed by atoms with E-state index in [-0.39, 0.29) is 12.5 Å². The van der Waals surface area contributed by atoms with Gasteiger partial charge in [0.05, 0.1) is 24.2 Å². The van der Waals surface area contributed by atoms with Gasteiger partial charge < -0.3 is 14.9 Å². The molecule has 0 spiro atoms. The lowest BCUT2D eigenvalue weighted by Crippen LogP contribution is -2.48. The second kappa shape index (κ2) is 7.95. The molecule has 0 radical (unpaired) electrons. The number of hydrogen-bond donors (Lipinski definition) is 2. The molecular formula is C21H21Cl2N3O3. The molecule has 0 amide bonds. The van der Waals surface area contributed by atoms with Crippen LogP contribution in [0.5, 0.6) is 11.5 Å². The molecule has 6 nitrogen and oxygen atoms in total. The first-order chi connectivity index (χ1) is 13.9. The minimum absolute atomic E-state index is 0.0884. The Balaban J connectivity index is 1.70. The summed E-state index contributed by atoms with van der Waals surface area (Å²) in [5.41, 5.74) is -0.342. The zero-order chi connectivity index (χ0) is 20.6. The van der Waals surface area contributed by atoms with Gasteiger partial charge in [0.25, 0.3) is 0 Å². The highest BCUT2D eigenvalue weighted by Gasteiger charge is 2.55. The summed E-state index contributed by atoms with van der Waals surface area (Å²) in [6.45, 7) is 2.18. The largest absolute Gasteiger partial charge is 0.457 e. The summed E-state index contributed by atoms with van der Waals surface area (Å²) in [6, 6.07) is 12.3. The van der Waals surface area contributed by atoms with Crippen LogP contribution >= 0.6 is 23.2 Å². The first-order valence-electron chi connectivity index (χ1n) is 9.32. The van der Waals surface area contributed by atoms with Crippen molar-refractivity contribution < 1.29 is 14.9 Å². The Hall–Kier alpha value is -2.12. The van der Waals surface area contributed by atoms with Crippen LogP contribution in [0.2, 0.25) is 10.0 Å². The molecule has 29 heavy (non-hydrogen) atoms. The Kier molecular flexibility index (Phi) is 5.53. The number of ether oxygens (including phenoxy) is 1. The molecule has 152 valence electrons. The van der Waals surface area contributed by atoms with E-state index < -0.39 is 17.6 Å². The first kappa shape index (κ1) is 20.2. The van der Waals surface area contributed by atoms with Crippen molar-refractivity contribution >= 4 is 23.2 Å². The quantitative estimate of drug-likeness (QED) is 0.633. The van der Waals surface area contributed by atoms with Crippen LogP contribution in [0.1, 0.15) is 18.9 Å². The number of benzene rings is 2. The third-order valence-electron chi connectivity index (χ3n) is 5.64. The van der Waals surface area contributed by atoms with Gasteiger partial charge in [0, 0.05) is 10.0 Å². The smallest absolute Gasteiger partial charge is 0.137 e. The van der Waals surface area contributed by atoms with Crippen LogP contribution in [0.15, 0.2) is 55.1 Å². The fraction of sp³-hybridized carbons (Fsp3) is 0.333. The second-order valence-electron chi connectivity index (χ2n) is 7.50. The Morgan fingerprint density at radius 1 is 1.14 bits per heavy atom. The minimum Gasteiger partial charge on any atom is -0.457 e. The fourth-order valence-electron chi connectivity index (χ4n) is 4.18. The summed E-state index contributed by atoms with van der Waals surface area (Å²) in [5.74, 6) is 1.09. The molecule has 1 aliphatic rings. The van der Waals surface area contributed by atoms with Gasteiger partial charge in [-0.15, -0.1) is 0 Å². The molecule has 2 aromatic carbocycles. The fourth-order valence-corrected chi connectivity index (χ4v) is 4.65. The van der Waals surface area contributed by atoms with Gasteiger partial charge in [-0.2, -0.15) is 5.10 Å². The van der Waals surface area contributed by atoms with Crippen molar-refractivity contribution in [3.8, 4) is 11.5 Å². The number of rotatable bonds is 5. The van der Waals surface area contributed by atoms with E-state index in [2.05, 4.69) is 10.1 Å². The highest BCUT2D eigenvalue weighted by Crippen LogP contribution is 2.48. The van der Waals surface area contributed by atoms with Gasteiger partial charge in [-0.05, 0) is 54.3 Å². The lowest BCUT2D eigenvalue weighted by molar-refractivity contribution is 0.0122. The van der Waals surface area contributed by atoms with Crippen molar-refractivity contribution in [1.82, 2.24) is 14.8 Å². The van der Waals surface area contributed by atoms with Crippen molar-refractivity contribution in [2.45, 2.75) is 37.5 Å². The molecule has 1 saturated carbocycles. The van der Waals surface area contributed by atoms with Gasteiger partial charge >= 0.3 is 0 Å². The Bertz CT molecular complexity index is 981. The summed E-state index contributed by atoms with van der Waals surface area (Å²) in [4.78, 5) is 3.97. The van der Waals surface area contributed by atoms with E-state index in [1.165, 1.54) is 6.33 Å². The molecule has 2 N–H and O–H groups in total. The summed E-state index contributed by atoms with van der Waals surface area (Å²) >= 11 is 12.6. The predicted octanol–water partition coefficient (Wildman–Crippen LogP) is 4.08. The molecule has 4 atom stereocenters. The highest BCUT2D eigenvalue weighted by atomic mass is 35.5. The number of aromatic nitrogens is 3. The topological polar surface area (TPSA) is 80.4 Å². The van der Waals surface area contributed by atoms with Gasteiger partial charge in [-0.25, -0.2) is 4.98 Å². The lowest BCUT2D eigenvalue weighted by atomic mass is 9.74. The van der Waals surface area contributed by atoms with Crippen molar-refractivity contribution in [3.63, 3.8) is 0 Å². The maximum absolute atomic E-state index is 11.1. The van der Waals surface area contributed by atoms with Crippen LogP contribution in [0, 0.1) is 5.92 Å². The van der Waals surface area contributed by atoms with E-state index in [0.717, 1.165) is 0 Å². The predicted molar refractivity (Wildman–Crippen MR) is 110 cm³/mol. The molecule has 3 aromatic rings. The van der Waals surface area contributed by atoms with Gasteiger partial charge in [0.15, 0.2) is 0 Å². The van der Waals surface area contributed by atoms with Gasteiger partial charge in [0.2, 0.25) is 0 Å². The van der Waals surface area contributed by atoms with Crippen LogP contribution in [0.3, 0.4) is 0 Å². The summed E-state index contributed by atoms with van der Waals surface area (Å²) < 4.78 is 7.46. The molecule has 0 saturated heterocycles. The normalized spacial score (nSPS) is 26.6. The van der Waals surface area contributed by atoms with E-state index in [1.54, 1.807) is 53.5 Å². The molecule has 0 aliphatic heterocycles. The Morgan fingerprint density at radius 2 is 1.86 bits per heavy atom. The zero-order valence-electron chi connectivity index (χ0n) is 15.7. The van der Waals surface area contributed by atoms with Crippen LogP contribution in [-0.2, 0) is 12.0 Å². The van der Waals surface area contributed by atoms with E-state index >= 15 is 0 Å². The second-order valence-corrected chi connectivity index (χ2v) is 8.35. The van der Waals surface area contributed by atoms with Gasteiger partial charge in [-0.1, -0.05) is 36.2 Å². The average Bonchev–Trinajstić information content (AvgIpc) is 3.27. The maximum Gasteiger partial charge on any atom is 0.137 e.